The number of hydrogen-bond donors (Lipinski definition) is 1. The SMILES string of the molecule is NCC(=O)N1CCCN(S(=O)(=O)c2ccc(F)cc2)CC1. The first-order valence-electron chi connectivity index (χ1n) is 6.68. The Balaban J connectivity index is 2.14. The lowest BCUT2D eigenvalue weighted by Crippen LogP contribution is -2.39. The van der Waals surface area contributed by atoms with Gasteiger partial charge in [0.25, 0.3) is 0 Å². The van der Waals surface area contributed by atoms with Gasteiger partial charge in [0.1, 0.15) is 5.82 Å². The molecule has 1 aliphatic rings. The summed E-state index contributed by atoms with van der Waals surface area (Å²) in [4.78, 5) is 13.2. The Morgan fingerprint density at radius 2 is 1.81 bits per heavy atom. The van der Waals surface area contributed by atoms with Crippen LogP contribution in [-0.2, 0) is 14.8 Å². The third-order valence-electron chi connectivity index (χ3n) is 3.43. The second-order valence-corrected chi connectivity index (χ2v) is 6.73. The maximum atomic E-state index is 12.9. The van der Waals surface area contributed by atoms with Gasteiger partial charge in [-0.05, 0) is 30.7 Å². The van der Waals surface area contributed by atoms with Crippen LogP contribution in [0.5, 0.6) is 0 Å². The Bertz CT molecular complexity index is 604. The van der Waals surface area contributed by atoms with E-state index in [2.05, 4.69) is 0 Å². The molecule has 0 atom stereocenters. The molecule has 1 heterocycles. The molecule has 0 radical (unpaired) electrons. The molecule has 1 saturated heterocycles. The molecule has 0 saturated carbocycles. The first-order chi connectivity index (χ1) is 9.95. The number of benzene rings is 1. The fourth-order valence-electron chi connectivity index (χ4n) is 2.27. The molecule has 1 fully saturated rings. The quantitative estimate of drug-likeness (QED) is 0.851. The molecular weight excluding hydrogens is 297 g/mol. The van der Waals surface area contributed by atoms with Gasteiger partial charge >= 0.3 is 0 Å². The van der Waals surface area contributed by atoms with Crippen LogP contribution >= 0.6 is 0 Å². The van der Waals surface area contributed by atoms with Gasteiger partial charge in [0.2, 0.25) is 15.9 Å². The van der Waals surface area contributed by atoms with Crippen molar-refractivity contribution in [2.45, 2.75) is 11.3 Å². The lowest BCUT2D eigenvalue weighted by molar-refractivity contribution is -0.129. The first-order valence-corrected chi connectivity index (χ1v) is 8.12. The van der Waals surface area contributed by atoms with Crippen molar-refractivity contribution in [1.82, 2.24) is 9.21 Å². The van der Waals surface area contributed by atoms with E-state index in [0.29, 0.717) is 26.1 Å². The van der Waals surface area contributed by atoms with Gasteiger partial charge in [-0.15, -0.1) is 0 Å². The van der Waals surface area contributed by atoms with Crippen LogP contribution in [0.1, 0.15) is 6.42 Å². The fourth-order valence-corrected chi connectivity index (χ4v) is 3.74. The van der Waals surface area contributed by atoms with Gasteiger partial charge < -0.3 is 10.6 Å². The number of hydrogen-bond acceptors (Lipinski definition) is 4. The standard InChI is InChI=1S/C13H18FN3O3S/c14-11-2-4-12(5-3-11)21(19,20)17-7-1-6-16(8-9-17)13(18)10-15/h2-5H,1,6-10,15H2. The fraction of sp³-hybridized carbons (Fsp3) is 0.462. The van der Waals surface area contributed by atoms with Crippen LogP contribution < -0.4 is 5.73 Å². The Hall–Kier alpha value is -1.51. The number of rotatable bonds is 3. The van der Waals surface area contributed by atoms with Gasteiger partial charge in [0.05, 0.1) is 11.4 Å². The molecule has 0 unspecified atom stereocenters. The van der Waals surface area contributed by atoms with Gasteiger partial charge in [-0.2, -0.15) is 4.31 Å². The summed E-state index contributed by atoms with van der Waals surface area (Å²) in [5.41, 5.74) is 5.32. The van der Waals surface area contributed by atoms with E-state index in [9.17, 15) is 17.6 Å². The van der Waals surface area contributed by atoms with Crippen LogP contribution in [0.2, 0.25) is 0 Å². The van der Waals surface area contributed by atoms with Gasteiger partial charge in [-0.3, -0.25) is 4.79 Å². The van der Waals surface area contributed by atoms with Crippen molar-refractivity contribution in [3.8, 4) is 0 Å². The zero-order chi connectivity index (χ0) is 15.5. The van der Waals surface area contributed by atoms with Crippen molar-refractivity contribution in [1.29, 1.82) is 0 Å². The maximum Gasteiger partial charge on any atom is 0.243 e. The minimum absolute atomic E-state index is 0.0579. The van der Waals surface area contributed by atoms with E-state index >= 15 is 0 Å². The summed E-state index contributed by atoms with van der Waals surface area (Å²) in [5, 5.41) is 0. The van der Waals surface area contributed by atoms with Crippen molar-refractivity contribution in [2.24, 2.45) is 5.73 Å². The highest BCUT2D eigenvalue weighted by Crippen LogP contribution is 2.18. The Morgan fingerprint density at radius 1 is 1.14 bits per heavy atom. The summed E-state index contributed by atoms with van der Waals surface area (Å²) in [6.45, 7) is 1.27. The number of halogens is 1. The lowest BCUT2D eigenvalue weighted by atomic mass is 10.4. The molecule has 0 spiro atoms. The molecule has 6 nitrogen and oxygen atoms in total. The number of nitrogens with two attached hydrogens (primary N) is 1. The highest BCUT2D eigenvalue weighted by Gasteiger charge is 2.27. The van der Waals surface area contributed by atoms with E-state index in [0.717, 1.165) is 12.1 Å². The van der Waals surface area contributed by atoms with E-state index in [4.69, 9.17) is 5.73 Å². The Morgan fingerprint density at radius 3 is 2.43 bits per heavy atom. The molecule has 0 bridgehead atoms. The predicted octanol–water partition coefficient (Wildman–Crippen LogP) is 0.00740. The molecule has 0 aliphatic carbocycles. The third kappa shape index (κ3) is 3.58. The van der Waals surface area contributed by atoms with Crippen molar-refractivity contribution < 1.29 is 17.6 Å². The molecule has 1 aromatic rings. The van der Waals surface area contributed by atoms with Crippen molar-refractivity contribution in [3.63, 3.8) is 0 Å². The third-order valence-corrected chi connectivity index (χ3v) is 5.35. The maximum absolute atomic E-state index is 12.9. The van der Waals surface area contributed by atoms with E-state index in [1.165, 1.54) is 16.4 Å². The van der Waals surface area contributed by atoms with Gasteiger partial charge in [0, 0.05) is 26.2 Å². The number of carbonyl (C=O) groups excluding carboxylic acids is 1. The normalized spacial score (nSPS) is 17.5. The highest BCUT2D eigenvalue weighted by atomic mass is 32.2. The van der Waals surface area contributed by atoms with Crippen molar-refractivity contribution >= 4 is 15.9 Å². The van der Waals surface area contributed by atoms with Gasteiger partial charge in [-0.25, -0.2) is 12.8 Å². The van der Waals surface area contributed by atoms with Crippen LogP contribution in [-0.4, -0.2) is 56.3 Å². The molecule has 1 aliphatic heterocycles. The average Bonchev–Trinajstić information content (AvgIpc) is 2.73. The molecule has 8 heteroatoms. The molecule has 1 amide bonds. The molecule has 0 aromatic heterocycles. The average molecular weight is 315 g/mol. The minimum atomic E-state index is -3.66. The van der Waals surface area contributed by atoms with E-state index in [1.54, 1.807) is 4.90 Å². The van der Waals surface area contributed by atoms with Gasteiger partial charge in [-0.1, -0.05) is 0 Å². The molecule has 2 N–H and O–H groups in total. The van der Waals surface area contributed by atoms with Crippen molar-refractivity contribution in [3.05, 3.63) is 30.1 Å². The Kier molecular flexibility index (Phi) is 4.92. The second kappa shape index (κ2) is 6.50. The summed E-state index contributed by atoms with van der Waals surface area (Å²) in [6, 6.07) is 4.74. The number of amides is 1. The number of carbonyl (C=O) groups is 1. The summed E-state index contributed by atoms with van der Waals surface area (Å²) >= 11 is 0. The monoisotopic (exact) mass is 315 g/mol. The smallest absolute Gasteiger partial charge is 0.243 e. The predicted molar refractivity (Wildman–Crippen MR) is 75.4 cm³/mol. The summed E-state index contributed by atoms with van der Waals surface area (Å²) < 4.78 is 39.2. The zero-order valence-corrected chi connectivity index (χ0v) is 12.4. The minimum Gasteiger partial charge on any atom is -0.340 e. The van der Waals surface area contributed by atoms with Crippen LogP contribution in [0.4, 0.5) is 4.39 Å². The first kappa shape index (κ1) is 15.9. The summed E-state index contributed by atoms with van der Waals surface area (Å²) in [5.74, 6) is -0.666. The lowest BCUT2D eigenvalue weighted by Gasteiger charge is -2.21. The molecule has 21 heavy (non-hydrogen) atoms. The largest absolute Gasteiger partial charge is 0.340 e. The molecule has 2 rings (SSSR count). The van der Waals surface area contributed by atoms with Crippen LogP contribution in [0.25, 0.3) is 0 Å². The van der Waals surface area contributed by atoms with E-state index in [-0.39, 0.29) is 23.9 Å². The summed E-state index contributed by atoms with van der Waals surface area (Å²) in [7, 11) is -3.66. The van der Waals surface area contributed by atoms with E-state index in [1.807, 2.05) is 0 Å². The zero-order valence-electron chi connectivity index (χ0n) is 11.5. The topological polar surface area (TPSA) is 83.7 Å². The number of nitrogens with zero attached hydrogens (tertiary/aromatic N) is 2. The second-order valence-electron chi connectivity index (χ2n) is 4.80. The van der Waals surface area contributed by atoms with Crippen LogP contribution in [0.15, 0.2) is 29.2 Å². The molecule has 1 aromatic carbocycles. The highest BCUT2D eigenvalue weighted by molar-refractivity contribution is 7.89. The van der Waals surface area contributed by atoms with E-state index < -0.39 is 15.8 Å². The van der Waals surface area contributed by atoms with Crippen LogP contribution in [0.3, 0.4) is 0 Å². The molecule has 116 valence electrons. The Labute approximate surface area is 123 Å². The number of sulfonamides is 1. The van der Waals surface area contributed by atoms with Gasteiger partial charge in [0.15, 0.2) is 0 Å². The van der Waals surface area contributed by atoms with Crippen LogP contribution in [0, 0.1) is 5.82 Å². The molecular formula is C13H18FN3O3S. The summed E-state index contributed by atoms with van der Waals surface area (Å²) in [6.07, 6.45) is 0.548. The van der Waals surface area contributed by atoms with Crippen molar-refractivity contribution in [2.75, 3.05) is 32.7 Å².